The van der Waals surface area contributed by atoms with Gasteiger partial charge >= 0.3 is 0 Å². The number of aromatic nitrogens is 1. The average Bonchev–Trinajstić information content (AvgIpc) is 2.35. The number of nitrogens with zero attached hydrogens (tertiary/aromatic N) is 1. The number of anilines is 1. The lowest BCUT2D eigenvalue weighted by atomic mass is 10.3. The lowest BCUT2D eigenvalue weighted by Gasteiger charge is -2.08. The van der Waals surface area contributed by atoms with Gasteiger partial charge in [-0.05, 0) is 40.2 Å². The van der Waals surface area contributed by atoms with Crippen molar-refractivity contribution in [2.75, 3.05) is 12.3 Å². The summed E-state index contributed by atoms with van der Waals surface area (Å²) in [5.74, 6) is 0.707. The summed E-state index contributed by atoms with van der Waals surface area (Å²) in [5, 5.41) is 0. The van der Waals surface area contributed by atoms with Crippen molar-refractivity contribution in [1.29, 1.82) is 0 Å². The molecule has 0 bridgehead atoms. The van der Waals surface area contributed by atoms with Crippen LogP contribution in [0.25, 0.3) is 0 Å². The Balaban J connectivity index is 1.97. The number of rotatable bonds is 4. The summed E-state index contributed by atoms with van der Waals surface area (Å²) in [6.07, 6.45) is 1.73. The molecular formula is C13H13BrN2O2. The minimum absolute atomic E-state index is 0.0614. The molecule has 4 nitrogen and oxygen atoms in total. The molecule has 0 radical (unpaired) electrons. The fourth-order valence-corrected chi connectivity index (χ4v) is 1.93. The van der Waals surface area contributed by atoms with Gasteiger partial charge in [0.15, 0.2) is 0 Å². The van der Waals surface area contributed by atoms with E-state index in [2.05, 4.69) is 15.9 Å². The normalized spacial score (nSPS) is 10.3. The van der Waals surface area contributed by atoms with Crippen LogP contribution in [0, 0.1) is 0 Å². The van der Waals surface area contributed by atoms with Gasteiger partial charge in [-0.25, -0.2) is 0 Å². The van der Waals surface area contributed by atoms with Crippen LogP contribution < -0.4 is 16.0 Å². The van der Waals surface area contributed by atoms with Crippen LogP contribution in [0.3, 0.4) is 0 Å². The molecule has 1 aromatic carbocycles. The second-order valence-electron chi connectivity index (χ2n) is 3.78. The molecule has 1 heterocycles. The number of halogens is 1. The van der Waals surface area contributed by atoms with Crippen LogP contribution >= 0.6 is 15.9 Å². The predicted octanol–water partition coefficient (Wildman–Crippen LogP) is 2.27. The monoisotopic (exact) mass is 308 g/mol. The Bertz CT molecular complexity index is 596. The molecule has 2 rings (SSSR count). The lowest BCUT2D eigenvalue weighted by Crippen LogP contribution is -2.22. The van der Waals surface area contributed by atoms with Crippen LogP contribution in [0.15, 0.2) is 51.9 Å². The molecular weight excluding hydrogens is 296 g/mol. The van der Waals surface area contributed by atoms with Crippen LogP contribution in [-0.4, -0.2) is 11.2 Å². The molecule has 0 aliphatic rings. The molecule has 0 saturated carbocycles. The van der Waals surface area contributed by atoms with Gasteiger partial charge in [0.1, 0.15) is 12.4 Å². The molecule has 0 unspecified atom stereocenters. The van der Waals surface area contributed by atoms with Crippen LogP contribution in [0.1, 0.15) is 0 Å². The van der Waals surface area contributed by atoms with Crippen molar-refractivity contribution in [3.8, 4) is 5.75 Å². The van der Waals surface area contributed by atoms with Gasteiger partial charge in [-0.2, -0.15) is 0 Å². The zero-order valence-electron chi connectivity index (χ0n) is 9.67. The molecule has 0 spiro atoms. The van der Waals surface area contributed by atoms with Gasteiger partial charge in [-0.15, -0.1) is 0 Å². The smallest absolute Gasteiger partial charge is 0.264 e. The van der Waals surface area contributed by atoms with Crippen LogP contribution in [0.5, 0.6) is 5.75 Å². The van der Waals surface area contributed by atoms with Gasteiger partial charge < -0.3 is 15.0 Å². The zero-order chi connectivity index (χ0) is 13.0. The van der Waals surface area contributed by atoms with Crippen molar-refractivity contribution in [2.45, 2.75) is 6.54 Å². The van der Waals surface area contributed by atoms with Gasteiger partial charge in [0, 0.05) is 18.0 Å². The second kappa shape index (κ2) is 5.73. The third-order valence-corrected chi connectivity index (χ3v) is 3.04. The maximum absolute atomic E-state index is 11.7. The summed E-state index contributed by atoms with van der Waals surface area (Å²) in [6.45, 7) is 0.910. The maximum atomic E-state index is 11.7. The molecule has 94 valence electrons. The van der Waals surface area contributed by atoms with Gasteiger partial charge in [0.25, 0.3) is 5.56 Å². The molecule has 2 aromatic rings. The highest BCUT2D eigenvalue weighted by Crippen LogP contribution is 2.14. The Morgan fingerprint density at radius 2 is 2.11 bits per heavy atom. The predicted molar refractivity (Wildman–Crippen MR) is 74.8 cm³/mol. The van der Waals surface area contributed by atoms with Crippen LogP contribution in [0.2, 0.25) is 0 Å². The van der Waals surface area contributed by atoms with Crippen LogP contribution in [-0.2, 0) is 6.54 Å². The largest absolute Gasteiger partial charge is 0.492 e. The van der Waals surface area contributed by atoms with E-state index >= 15 is 0 Å². The zero-order valence-corrected chi connectivity index (χ0v) is 11.3. The number of benzene rings is 1. The van der Waals surface area contributed by atoms with Crippen molar-refractivity contribution in [2.24, 2.45) is 0 Å². The number of pyridine rings is 1. The van der Waals surface area contributed by atoms with Gasteiger partial charge in [-0.1, -0.05) is 6.07 Å². The average molecular weight is 309 g/mol. The van der Waals surface area contributed by atoms with Crippen molar-refractivity contribution < 1.29 is 4.74 Å². The van der Waals surface area contributed by atoms with E-state index in [-0.39, 0.29) is 5.56 Å². The SMILES string of the molecule is Nc1cccc(OCCn2cccc(Br)c2=O)c1. The third kappa shape index (κ3) is 3.13. The summed E-state index contributed by atoms with van der Waals surface area (Å²) in [5.41, 5.74) is 6.24. The highest BCUT2D eigenvalue weighted by molar-refractivity contribution is 9.10. The van der Waals surface area contributed by atoms with Crippen LogP contribution in [0.4, 0.5) is 5.69 Å². The first kappa shape index (κ1) is 12.7. The molecule has 0 atom stereocenters. The fraction of sp³-hybridized carbons (Fsp3) is 0.154. The Hall–Kier alpha value is -1.75. The first-order chi connectivity index (χ1) is 8.66. The molecule has 0 aliphatic carbocycles. The first-order valence-electron chi connectivity index (χ1n) is 5.50. The standard InChI is InChI=1S/C13H13BrN2O2/c14-12-5-2-6-16(13(12)17)7-8-18-11-4-1-3-10(15)9-11/h1-6,9H,7-8,15H2. The Morgan fingerprint density at radius 1 is 1.28 bits per heavy atom. The van der Waals surface area contributed by atoms with E-state index in [1.165, 1.54) is 0 Å². The van der Waals surface area contributed by atoms with E-state index in [1.54, 1.807) is 29.0 Å². The molecule has 0 amide bonds. The molecule has 0 saturated heterocycles. The van der Waals surface area contributed by atoms with Crippen molar-refractivity contribution in [1.82, 2.24) is 4.57 Å². The quantitative estimate of drug-likeness (QED) is 0.882. The Morgan fingerprint density at radius 3 is 2.89 bits per heavy atom. The van der Waals surface area contributed by atoms with E-state index in [4.69, 9.17) is 10.5 Å². The van der Waals surface area contributed by atoms with Crippen molar-refractivity contribution in [3.63, 3.8) is 0 Å². The Kier molecular flexibility index (Phi) is 4.04. The van der Waals surface area contributed by atoms with E-state index < -0.39 is 0 Å². The number of nitrogen functional groups attached to an aromatic ring is 1. The Labute approximate surface area is 113 Å². The molecule has 0 fully saturated rings. The van der Waals surface area contributed by atoms with E-state index in [9.17, 15) is 4.79 Å². The summed E-state index contributed by atoms with van der Waals surface area (Å²) in [4.78, 5) is 11.7. The van der Waals surface area contributed by atoms with E-state index in [0.29, 0.717) is 29.1 Å². The molecule has 5 heteroatoms. The number of hydrogen-bond donors (Lipinski definition) is 1. The second-order valence-corrected chi connectivity index (χ2v) is 4.63. The minimum Gasteiger partial charge on any atom is -0.492 e. The maximum Gasteiger partial charge on any atom is 0.264 e. The highest BCUT2D eigenvalue weighted by atomic mass is 79.9. The fourth-order valence-electron chi connectivity index (χ4n) is 1.55. The molecule has 2 N–H and O–H groups in total. The summed E-state index contributed by atoms with van der Waals surface area (Å²) in [7, 11) is 0. The molecule has 0 aliphatic heterocycles. The lowest BCUT2D eigenvalue weighted by molar-refractivity contribution is 0.296. The minimum atomic E-state index is -0.0614. The summed E-state index contributed by atoms with van der Waals surface area (Å²) in [6, 6.07) is 10.7. The number of nitrogens with two attached hydrogens (primary N) is 1. The topological polar surface area (TPSA) is 57.2 Å². The van der Waals surface area contributed by atoms with Crippen molar-refractivity contribution >= 4 is 21.6 Å². The number of ether oxygens (including phenoxy) is 1. The van der Waals surface area contributed by atoms with E-state index in [1.807, 2.05) is 18.2 Å². The molecule has 18 heavy (non-hydrogen) atoms. The van der Waals surface area contributed by atoms with E-state index in [0.717, 1.165) is 0 Å². The summed E-state index contributed by atoms with van der Waals surface area (Å²) >= 11 is 3.20. The van der Waals surface area contributed by atoms with Gasteiger partial charge in [-0.3, -0.25) is 4.79 Å². The third-order valence-electron chi connectivity index (χ3n) is 2.43. The number of hydrogen-bond acceptors (Lipinski definition) is 3. The highest BCUT2D eigenvalue weighted by Gasteiger charge is 2.00. The molecule has 1 aromatic heterocycles. The van der Waals surface area contributed by atoms with Crippen molar-refractivity contribution in [3.05, 3.63) is 57.4 Å². The summed E-state index contributed by atoms with van der Waals surface area (Å²) < 4.78 is 7.67. The van der Waals surface area contributed by atoms with Gasteiger partial charge in [0.2, 0.25) is 0 Å². The first-order valence-corrected chi connectivity index (χ1v) is 6.29. The van der Waals surface area contributed by atoms with Gasteiger partial charge in [0.05, 0.1) is 11.0 Å².